The lowest BCUT2D eigenvalue weighted by molar-refractivity contribution is -0.129. The van der Waals surface area contributed by atoms with Crippen LogP contribution in [0.4, 0.5) is 0 Å². The number of nitrogens with zero attached hydrogens (tertiary/aromatic N) is 1. The Morgan fingerprint density at radius 3 is 2.57 bits per heavy atom. The predicted molar refractivity (Wildman–Crippen MR) is 124 cm³/mol. The molecule has 0 amide bonds. The van der Waals surface area contributed by atoms with Crippen molar-refractivity contribution in [2.75, 3.05) is 7.11 Å². The van der Waals surface area contributed by atoms with Crippen molar-refractivity contribution in [2.24, 2.45) is 4.99 Å². The van der Waals surface area contributed by atoms with E-state index in [2.05, 4.69) is 59.4 Å². The Hall–Kier alpha value is -1.39. The fraction of sp³-hybridized carbons (Fsp3) is 0.200. The molecule has 1 heterocycles. The second kappa shape index (κ2) is 8.96. The summed E-state index contributed by atoms with van der Waals surface area (Å²) in [6.07, 6.45) is 1.66. The van der Waals surface area contributed by atoms with E-state index in [9.17, 15) is 4.79 Å². The summed E-state index contributed by atoms with van der Waals surface area (Å²) in [6.45, 7) is 3.88. The molecule has 0 N–H and O–H groups in total. The molecule has 28 heavy (non-hydrogen) atoms. The molecule has 0 bridgehead atoms. The van der Waals surface area contributed by atoms with E-state index in [0.29, 0.717) is 11.5 Å². The van der Waals surface area contributed by atoms with Crippen LogP contribution in [0.2, 0.25) is 0 Å². The topological polar surface area (TPSA) is 57.1 Å². The Morgan fingerprint density at radius 1 is 1.18 bits per heavy atom. The van der Waals surface area contributed by atoms with Crippen LogP contribution in [0.3, 0.4) is 0 Å². The lowest BCUT2D eigenvalue weighted by Gasteiger charge is -2.15. The molecule has 0 radical (unpaired) electrons. The summed E-state index contributed by atoms with van der Waals surface area (Å²) in [5, 5.41) is 0. The minimum atomic E-state index is -0.498. The van der Waals surface area contributed by atoms with Gasteiger partial charge in [0.15, 0.2) is 17.2 Å². The largest absolute Gasteiger partial charge is 0.493 e. The highest BCUT2D eigenvalue weighted by molar-refractivity contribution is 14.1. The highest BCUT2D eigenvalue weighted by atomic mass is 127. The van der Waals surface area contributed by atoms with E-state index in [0.717, 1.165) is 23.6 Å². The molecular weight excluding hydrogens is 605 g/mol. The van der Waals surface area contributed by atoms with Gasteiger partial charge in [-0.15, -0.1) is 0 Å². The van der Waals surface area contributed by atoms with E-state index < -0.39 is 5.97 Å². The third-order valence-corrected chi connectivity index (χ3v) is 6.62. The summed E-state index contributed by atoms with van der Waals surface area (Å²) in [7, 11) is 1.57. The van der Waals surface area contributed by atoms with Crippen LogP contribution in [0.25, 0.3) is 6.08 Å². The maximum absolute atomic E-state index is 12.3. The number of hydrogen-bond acceptors (Lipinski definition) is 5. The molecule has 8 heteroatoms. The first kappa shape index (κ1) is 21.3. The van der Waals surface area contributed by atoms with Crippen LogP contribution in [-0.2, 0) is 9.53 Å². The second-order valence-corrected chi connectivity index (χ2v) is 9.04. The van der Waals surface area contributed by atoms with Gasteiger partial charge in [-0.05, 0) is 110 Å². The van der Waals surface area contributed by atoms with E-state index in [1.54, 1.807) is 19.3 Å². The van der Waals surface area contributed by atoms with Gasteiger partial charge < -0.3 is 14.2 Å². The number of methoxy groups -OCH3 is 1. The smallest absolute Gasteiger partial charge is 0.363 e. The normalized spacial score (nSPS) is 15.0. The molecule has 0 saturated heterocycles. The van der Waals surface area contributed by atoms with E-state index in [1.807, 2.05) is 38.1 Å². The first-order valence-corrected chi connectivity index (χ1v) is 11.0. The van der Waals surface area contributed by atoms with Crippen LogP contribution in [0.5, 0.6) is 11.5 Å². The number of esters is 1. The Morgan fingerprint density at radius 2 is 1.93 bits per heavy atom. The van der Waals surface area contributed by atoms with Crippen LogP contribution in [0, 0.1) is 3.57 Å². The van der Waals surface area contributed by atoms with Crippen molar-refractivity contribution in [2.45, 2.75) is 20.0 Å². The van der Waals surface area contributed by atoms with E-state index in [1.165, 1.54) is 0 Å². The molecule has 5 nitrogen and oxygen atoms in total. The van der Waals surface area contributed by atoms with Gasteiger partial charge in [-0.2, -0.15) is 0 Å². The quantitative estimate of drug-likeness (QED) is 0.235. The summed E-state index contributed by atoms with van der Waals surface area (Å²) >= 11 is 9.19. The molecule has 0 aromatic heterocycles. The molecule has 3 rings (SSSR count). The lowest BCUT2D eigenvalue weighted by Crippen LogP contribution is -2.07. The molecular formula is C20H16Br2INO4. The number of carbonyl (C=O) groups is 1. The first-order chi connectivity index (χ1) is 13.3. The van der Waals surface area contributed by atoms with Crippen molar-refractivity contribution in [3.63, 3.8) is 0 Å². The molecule has 2 aromatic rings. The summed E-state index contributed by atoms with van der Waals surface area (Å²) in [5.41, 5.74) is 1.68. The molecule has 0 fully saturated rings. The number of hydrogen-bond donors (Lipinski definition) is 0. The molecule has 0 spiro atoms. The summed E-state index contributed by atoms with van der Waals surface area (Å²) < 4.78 is 19.3. The van der Waals surface area contributed by atoms with E-state index >= 15 is 0 Å². The minimum Gasteiger partial charge on any atom is -0.493 e. The Bertz CT molecular complexity index is 1000. The van der Waals surface area contributed by atoms with Gasteiger partial charge in [-0.3, -0.25) is 0 Å². The lowest BCUT2D eigenvalue weighted by atomic mass is 10.1. The van der Waals surface area contributed by atoms with Gasteiger partial charge in [0.1, 0.15) is 0 Å². The van der Waals surface area contributed by atoms with E-state index in [-0.39, 0.29) is 17.7 Å². The van der Waals surface area contributed by atoms with Gasteiger partial charge in [-0.25, -0.2) is 9.79 Å². The van der Waals surface area contributed by atoms with Crippen molar-refractivity contribution in [1.29, 1.82) is 0 Å². The van der Waals surface area contributed by atoms with Crippen molar-refractivity contribution in [3.8, 4) is 11.5 Å². The zero-order valence-corrected chi connectivity index (χ0v) is 20.6. The van der Waals surface area contributed by atoms with Crippen LogP contribution in [-0.4, -0.2) is 25.1 Å². The Kier molecular flexibility index (Phi) is 6.82. The summed E-state index contributed by atoms with van der Waals surface area (Å²) in [6, 6.07) is 9.29. The monoisotopic (exact) mass is 619 g/mol. The van der Waals surface area contributed by atoms with Crippen molar-refractivity contribution >= 4 is 72.4 Å². The van der Waals surface area contributed by atoms with Crippen molar-refractivity contribution < 1.29 is 19.0 Å². The van der Waals surface area contributed by atoms with Gasteiger partial charge in [-0.1, -0.05) is 0 Å². The molecule has 0 unspecified atom stereocenters. The molecule has 146 valence electrons. The van der Waals surface area contributed by atoms with Crippen LogP contribution < -0.4 is 9.47 Å². The third-order valence-electron chi connectivity index (χ3n) is 3.70. The van der Waals surface area contributed by atoms with E-state index in [4.69, 9.17) is 14.2 Å². The molecule has 2 aromatic carbocycles. The van der Waals surface area contributed by atoms with Crippen molar-refractivity contribution in [1.82, 2.24) is 0 Å². The zero-order chi connectivity index (χ0) is 20.4. The Labute approximate surface area is 193 Å². The SMILES string of the molecule is COc1cc(/C=C2\N=C(c3ccc(I)c(Br)c3)OC2=O)cc(Br)c1OC(C)C. The number of aliphatic imine (C=N–C) groups is 1. The summed E-state index contributed by atoms with van der Waals surface area (Å²) in [5.74, 6) is 0.954. The Balaban J connectivity index is 1.96. The van der Waals surface area contributed by atoms with Crippen molar-refractivity contribution in [3.05, 3.63) is 59.7 Å². The first-order valence-electron chi connectivity index (χ1n) is 8.30. The maximum atomic E-state index is 12.3. The second-order valence-electron chi connectivity index (χ2n) is 6.17. The molecule has 1 aliphatic heterocycles. The number of ether oxygens (including phenoxy) is 3. The highest BCUT2D eigenvalue weighted by Gasteiger charge is 2.25. The molecule has 0 saturated carbocycles. The molecule has 0 atom stereocenters. The van der Waals surface area contributed by atoms with Crippen LogP contribution >= 0.6 is 54.5 Å². The fourth-order valence-electron chi connectivity index (χ4n) is 2.49. The number of benzene rings is 2. The van der Waals surface area contributed by atoms with Crippen LogP contribution in [0.15, 0.2) is 50.0 Å². The summed E-state index contributed by atoms with van der Waals surface area (Å²) in [4.78, 5) is 16.6. The molecule has 0 aliphatic carbocycles. The maximum Gasteiger partial charge on any atom is 0.363 e. The number of rotatable bonds is 5. The average Bonchev–Trinajstić information content (AvgIpc) is 2.99. The van der Waals surface area contributed by atoms with Gasteiger partial charge in [0.2, 0.25) is 5.90 Å². The number of cyclic esters (lactones) is 1. The number of halogens is 3. The predicted octanol–water partition coefficient (Wildman–Crippen LogP) is 5.96. The fourth-order valence-corrected chi connectivity index (χ4v) is 3.76. The number of carbonyl (C=O) groups excluding carboxylic acids is 1. The van der Waals surface area contributed by atoms with Crippen LogP contribution in [0.1, 0.15) is 25.0 Å². The zero-order valence-electron chi connectivity index (χ0n) is 15.3. The molecule has 1 aliphatic rings. The van der Waals surface area contributed by atoms with Gasteiger partial charge in [0.25, 0.3) is 0 Å². The van der Waals surface area contributed by atoms with Gasteiger partial charge >= 0.3 is 5.97 Å². The third kappa shape index (κ3) is 4.77. The van der Waals surface area contributed by atoms with Gasteiger partial charge in [0, 0.05) is 13.6 Å². The standard InChI is InChI=1S/C20H16Br2INO4/c1-10(2)27-18-14(22)6-11(8-17(18)26-3)7-16-20(25)28-19(24-16)12-4-5-15(23)13(21)9-12/h4-10H,1-3H3/b16-7-. The average molecular weight is 621 g/mol. The van der Waals surface area contributed by atoms with Gasteiger partial charge in [0.05, 0.1) is 17.7 Å². The minimum absolute atomic E-state index is 0.000343. The highest BCUT2D eigenvalue weighted by Crippen LogP contribution is 2.38.